The van der Waals surface area contributed by atoms with Gasteiger partial charge in [-0.2, -0.15) is 0 Å². The smallest absolute Gasteiger partial charge is 0.408 e. The zero-order chi connectivity index (χ0) is 36.4. The molecule has 264 valence electrons. The SMILES string of the molecule is CCC(C)N(C(=O)C(CCC(N)=O)NC(=O)OC(C)(C)C)C(C(=O)NC(Cc1ccccc1)C(=O)OC(C)(C)C)c1cc(C)ccc1C. The molecule has 11 nitrogen and oxygen atoms in total. The van der Waals surface area contributed by atoms with E-state index < -0.39 is 65.2 Å². The Morgan fingerprint density at radius 1 is 0.854 bits per heavy atom. The van der Waals surface area contributed by atoms with Crippen LogP contribution in [0, 0.1) is 13.8 Å². The first-order chi connectivity index (χ1) is 22.2. The lowest BCUT2D eigenvalue weighted by molar-refractivity contribution is -0.159. The minimum absolute atomic E-state index is 0.115. The topological polar surface area (TPSA) is 157 Å². The highest BCUT2D eigenvalue weighted by Crippen LogP contribution is 2.30. The Balaban J connectivity index is 2.71. The number of carbonyl (C=O) groups is 5. The van der Waals surface area contributed by atoms with Gasteiger partial charge in [0.25, 0.3) is 0 Å². The lowest BCUT2D eigenvalue weighted by Gasteiger charge is -2.39. The zero-order valence-electron chi connectivity index (χ0n) is 30.1. The zero-order valence-corrected chi connectivity index (χ0v) is 30.1. The second kappa shape index (κ2) is 17.1. The molecule has 0 aromatic heterocycles. The Morgan fingerprint density at radius 2 is 1.46 bits per heavy atom. The number of primary amides is 1. The molecule has 0 radical (unpaired) electrons. The number of hydrogen-bond donors (Lipinski definition) is 3. The van der Waals surface area contributed by atoms with Gasteiger partial charge >= 0.3 is 12.1 Å². The molecule has 0 aliphatic rings. The molecule has 4 atom stereocenters. The molecular formula is C37H54N4O7. The minimum Gasteiger partial charge on any atom is -0.458 e. The fourth-order valence-electron chi connectivity index (χ4n) is 5.11. The van der Waals surface area contributed by atoms with Crippen molar-refractivity contribution in [1.82, 2.24) is 15.5 Å². The van der Waals surface area contributed by atoms with E-state index in [1.165, 1.54) is 4.90 Å². The molecule has 0 saturated heterocycles. The molecule has 0 aliphatic carbocycles. The fourth-order valence-corrected chi connectivity index (χ4v) is 5.11. The molecular weight excluding hydrogens is 612 g/mol. The molecule has 0 spiro atoms. The van der Waals surface area contributed by atoms with E-state index in [0.717, 1.165) is 16.7 Å². The van der Waals surface area contributed by atoms with Gasteiger partial charge in [-0.05, 0) is 91.8 Å². The number of alkyl carbamates (subject to hydrolysis) is 1. The van der Waals surface area contributed by atoms with E-state index in [9.17, 15) is 24.0 Å². The number of hydrogen-bond acceptors (Lipinski definition) is 7. The molecule has 2 aromatic carbocycles. The van der Waals surface area contributed by atoms with Gasteiger partial charge in [-0.1, -0.05) is 61.0 Å². The normalized spacial score (nSPS) is 14.1. The second-order valence-electron chi connectivity index (χ2n) is 14.3. The van der Waals surface area contributed by atoms with Crippen molar-refractivity contribution in [1.29, 1.82) is 0 Å². The Morgan fingerprint density at radius 3 is 2.00 bits per heavy atom. The highest BCUT2D eigenvalue weighted by atomic mass is 16.6. The largest absolute Gasteiger partial charge is 0.458 e. The maximum absolute atomic E-state index is 14.6. The molecule has 4 amide bonds. The van der Waals surface area contributed by atoms with Gasteiger partial charge in [0, 0.05) is 18.9 Å². The number of nitrogens with zero attached hydrogens (tertiary/aromatic N) is 1. The van der Waals surface area contributed by atoms with Crippen LogP contribution in [0.4, 0.5) is 4.79 Å². The first kappa shape index (κ1) is 39.8. The quantitative estimate of drug-likeness (QED) is 0.234. The van der Waals surface area contributed by atoms with E-state index in [-0.39, 0.29) is 19.3 Å². The summed E-state index contributed by atoms with van der Waals surface area (Å²) in [7, 11) is 0. The van der Waals surface area contributed by atoms with Crippen molar-refractivity contribution in [3.05, 3.63) is 70.8 Å². The highest BCUT2D eigenvalue weighted by Gasteiger charge is 2.40. The van der Waals surface area contributed by atoms with Gasteiger partial charge in [0.1, 0.15) is 29.3 Å². The fraction of sp³-hybridized carbons (Fsp3) is 0.541. The molecule has 4 unspecified atom stereocenters. The Labute approximate surface area is 285 Å². The number of carbonyl (C=O) groups excluding carboxylic acids is 5. The van der Waals surface area contributed by atoms with Crippen LogP contribution >= 0.6 is 0 Å². The van der Waals surface area contributed by atoms with Gasteiger partial charge in [-0.25, -0.2) is 9.59 Å². The first-order valence-electron chi connectivity index (χ1n) is 16.5. The molecule has 0 aliphatic heterocycles. The van der Waals surface area contributed by atoms with E-state index in [2.05, 4.69) is 10.6 Å². The van der Waals surface area contributed by atoms with E-state index in [0.29, 0.717) is 12.0 Å². The average Bonchev–Trinajstić information content (AvgIpc) is 2.96. The number of amides is 4. The molecule has 0 heterocycles. The van der Waals surface area contributed by atoms with Crippen LogP contribution in [0.2, 0.25) is 0 Å². The van der Waals surface area contributed by atoms with Crippen LogP contribution in [0.25, 0.3) is 0 Å². The van der Waals surface area contributed by atoms with Crippen LogP contribution in [0.15, 0.2) is 48.5 Å². The van der Waals surface area contributed by atoms with E-state index >= 15 is 0 Å². The van der Waals surface area contributed by atoms with E-state index in [1.807, 2.05) is 69.3 Å². The number of ether oxygens (including phenoxy) is 2. The number of rotatable bonds is 14. The number of benzene rings is 2. The third kappa shape index (κ3) is 12.7. The van der Waals surface area contributed by atoms with Crippen molar-refractivity contribution < 1.29 is 33.4 Å². The van der Waals surface area contributed by atoms with Gasteiger partial charge in [0.05, 0.1) is 0 Å². The van der Waals surface area contributed by atoms with E-state index in [1.54, 1.807) is 48.5 Å². The molecule has 2 aromatic rings. The Kier molecular flexibility index (Phi) is 14.2. The standard InChI is InChI=1S/C37H54N4O7/c1-11-25(4)41(33(44)28(19-20-30(38)42)40-35(46)48-37(8,9)10)31(27-21-23(2)17-18-24(27)3)32(43)39-29(34(45)47-36(5,6)7)22-26-15-13-12-14-16-26/h12-18,21,25,28-29,31H,11,19-20,22H2,1-10H3,(H2,38,42)(H,39,43)(H,40,46). The Hall–Kier alpha value is -4.41. The maximum Gasteiger partial charge on any atom is 0.408 e. The van der Waals surface area contributed by atoms with Gasteiger partial charge < -0.3 is 30.7 Å². The predicted molar refractivity (Wildman–Crippen MR) is 185 cm³/mol. The van der Waals surface area contributed by atoms with Gasteiger partial charge in [0.15, 0.2) is 0 Å². The number of aryl methyl sites for hydroxylation is 2. The van der Waals surface area contributed by atoms with Crippen LogP contribution in [-0.2, 0) is 35.1 Å². The van der Waals surface area contributed by atoms with Crippen LogP contribution in [0.1, 0.15) is 103 Å². The molecule has 0 fully saturated rings. The van der Waals surface area contributed by atoms with Crippen molar-refractivity contribution in [2.24, 2.45) is 5.73 Å². The van der Waals surface area contributed by atoms with Crippen LogP contribution in [0.5, 0.6) is 0 Å². The molecule has 0 bridgehead atoms. The number of nitrogens with two attached hydrogens (primary N) is 1. The third-order valence-corrected chi connectivity index (χ3v) is 7.53. The molecule has 48 heavy (non-hydrogen) atoms. The van der Waals surface area contributed by atoms with Crippen molar-refractivity contribution in [3.63, 3.8) is 0 Å². The Bertz CT molecular complexity index is 1430. The second-order valence-corrected chi connectivity index (χ2v) is 14.3. The molecule has 11 heteroatoms. The maximum atomic E-state index is 14.6. The summed E-state index contributed by atoms with van der Waals surface area (Å²) in [6, 6.07) is 10.8. The summed E-state index contributed by atoms with van der Waals surface area (Å²) in [5.41, 5.74) is 6.73. The van der Waals surface area contributed by atoms with Crippen molar-refractivity contribution >= 4 is 29.8 Å². The lowest BCUT2D eigenvalue weighted by Crippen LogP contribution is -2.57. The highest BCUT2D eigenvalue weighted by molar-refractivity contribution is 5.94. The summed E-state index contributed by atoms with van der Waals surface area (Å²) in [4.78, 5) is 69.0. The summed E-state index contributed by atoms with van der Waals surface area (Å²) < 4.78 is 11.1. The van der Waals surface area contributed by atoms with Crippen LogP contribution in [0.3, 0.4) is 0 Å². The van der Waals surface area contributed by atoms with Crippen LogP contribution < -0.4 is 16.4 Å². The third-order valence-electron chi connectivity index (χ3n) is 7.53. The first-order valence-corrected chi connectivity index (χ1v) is 16.5. The van der Waals surface area contributed by atoms with Gasteiger partial charge in [0.2, 0.25) is 17.7 Å². The summed E-state index contributed by atoms with van der Waals surface area (Å²) in [5, 5.41) is 5.53. The van der Waals surface area contributed by atoms with Gasteiger partial charge in [-0.3, -0.25) is 14.4 Å². The van der Waals surface area contributed by atoms with Crippen LogP contribution in [-0.4, -0.2) is 64.0 Å². The number of esters is 1. The number of nitrogens with one attached hydrogen (secondary N) is 2. The van der Waals surface area contributed by atoms with Crippen molar-refractivity contribution in [2.75, 3.05) is 0 Å². The van der Waals surface area contributed by atoms with Crippen molar-refractivity contribution in [3.8, 4) is 0 Å². The summed E-state index contributed by atoms with van der Waals surface area (Å²) in [5.74, 6) is -2.48. The average molecular weight is 667 g/mol. The van der Waals surface area contributed by atoms with E-state index in [4.69, 9.17) is 15.2 Å². The summed E-state index contributed by atoms with van der Waals surface area (Å²) >= 11 is 0. The lowest BCUT2D eigenvalue weighted by atomic mass is 9.93. The molecule has 4 N–H and O–H groups in total. The van der Waals surface area contributed by atoms with Gasteiger partial charge in [-0.15, -0.1) is 0 Å². The summed E-state index contributed by atoms with van der Waals surface area (Å²) in [6.07, 6.45) is -0.557. The predicted octanol–water partition coefficient (Wildman–Crippen LogP) is 5.20. The molecule has 0 saturated carbocycles. The summed E-state index contributed by atoms with van der Waals surface area (Å²) in [6.45, 7) is 17.7. The van der Waals surface area contributed by atoms with Crippen molar-refractivity contribution in [2.45, 2.75) is 130 Å². The monoisotopic (exact) mass is 666 g/mol. The minimum atomic E-state index is -1.24. The molecule has 2 rings (SSSR count).